The number of rotatable bonds is 1. The van der Waals surface area contributed by atoms with Crippen molar-refractivity contribution in [1.29, 1.82) is 0 Å². The first-order valence-corrected chi connectivity index (χ1v) is 3.59. The highest BCUT2D eigenvalue weighted by molar-refractivity contribution is 5.81. The maximum atomic E-state index is 5.61. The predicted octanol–water partition coefficient (Wildman–Crippen LogP) is 0.677. The van der Waals surface area contributed by atoms with Crippen LogP contribution in [0.2, 0.25) is 0 Å². The van der Waals surface area contributed by atoms with E-state index in [2.05, 4.69) is 5.10 Å². The summed E-state index contributed by atoms with van der Waals surface area (Å²) in [5, 5.41) is 5.01. The highest BCUT2D eigenvalue weighted by atomic mass is 16.7. The second-order valence-corrected chi connectivity index (χ2v) is 2.52. The normalized spacial score (nSPS) is 10.4. The molecular weight excluding hydrogens is 154 g/mol. The Morgan fingerprint density at radius 1 is 1.50 bits per heavy atom. The minimum atomic E-state index is 0.710. The van der Waals surface area contributed by atoms with Crippen LogP contribution in [0.25, 0.3) is 10.9 Å². The summed E-state index contributed by atoms with van der Waals surface area (Å²) in [5.41, 5.74) is 7.21. The minimum absolute atomic E-state index is 0.710. The van der Waals surface area contributed by atoms with Gasteiger partial charge in [0.1, 0.15) is 12.6 Å². The molecule has 0 aliphatic heterocycles. The largest absolute Gasteiger partial charge is 0.399 e. The first-order valence-electron chi connectivity index (χ1n) is 3.59. The van der Waals surface area contributed by atoms with E-state index in [0.29, 0.717) is 5.69 Å². The third kappa shape index (κ3) is 0.887. The van der Waals surface area contributed by atoms with Crippen molar-refractivity contribution in [3.05, 3.63) is 24.4 Å². The zero-order valence-corrected chi connectivity index (χ0v) is 6.69. The molecule has 4 nitrogen and oxygen atoms in total. The van der Waals surface area contributed by atoms with Gasteiger partial charge in [-0.1, -0.05) is 4.85 Å². The average Bonchev–Trinajstić information content (AvgIpc) is 2.46. The Balaban J connectivity index is 2.75. The van der Waals surface area contributed by atoms with E-state index < -0.39 is 0 Å². The monoisotopic (exact) mass is 163 g/mol. The van der Waals surface area contributed by atoms with E-state index in [1.165, 1.54) is 4.85 Å². The van der Waals surface area contributed by atoms with Crippen molar-refractivity contribution in [3.63, 3.8) is 0 Å². The number of nitrogens with zero attached hydrogens (tertiary/aromatic N) is 2. The van der Waals surface area contributed by atoms with Crippen LogP contribution >= 0.6 is 0 Å². The summed E-state index contributed by atoms with van der Waals surface area (Å²) in [4.78, 5) is 6.41. The molecule has 0 fully saturated rings. The van der Waals surface area contributed by atoms with Crippen LogP contribution < -0.4 is 10.6 Å². The lowest BCUT2D eigenvalue weighted by molar-refractivity contribution is 0.145. The quantitative estimate of drug-likeness (QED) is 0.629. The van der Waals surface area contributed by atoms with Gasteiger partial charge in [-0.2, -0.15) is 0 Å². The van der Waals surface area contributed by atoms with Gasteiger partial charge in [-0.25, -0.2) is 0 Å². The van der Waals surface area contributed by atoms with Crippen molar-refractivity contribution in [2.24, 2.45) is 0 Å². The van der Waals surface area contributed by atoms with Crippen molar-refractivity contribution < 1.29 is 4.84 Å². The van der Waals surface area contributed by atoms with E-state index in [4.69, 9.17) is 10.6 Å². The second-order valence-electron chi connectivity index (χ2n) is 2.52. The lowest BCUT2D eigenvalue weighted by atomic mass is 10.2. The Morgan fingerprint density at radius 3 is 3.08 bits per heavy atom. The molecule has 0 atom stereocenters. The molecule has 0 bridgehead atoms. The molecule has 2 N–H and O–H groups in total. The lowest BCUT2D eigenvalue weighted by Crippen LogP contribution is -2.06. The number of fused-ring (bicyclic) bond motifs is 1. The van der Waals surface area contributed by atoms with E-state index in [1.54, 1.807) is 13.3 Å². The molecule has 0 amide bonds. The van der Waals surface area contributed by atoms with Crippen LogP contribution in [-0.4, -0.2) is 17.1 Å². The summed E-state index contributed by atoms with van der Waals surface area (Å²) >= 11 is 0. The summed E-state index contributed by atoms with van der Waals surface area (Å²) in [6.07, 6.45) is 1.73. The van der Waals surface area contributed by atoms with Gasteiger partial charge >= 0.3 is 0 Å². The van der Waals surface area contributed by atoms with Crippen LogP contribution in [0, 0.1) is 0 Å². The fraction of sp³-hybridized carbons (Fsp3) is 0.125. The maximum absolute atomic E-state index is 5.61. The molecule has 0 aliphatic carbocycles. The Hall–Kier alpha value is -1.71. The first kappa shape index (κ1) is 6.97. The van der Waals surface area contributed by atoms with Crippen LogP contribution in [0.1, 0.15) is 0 Å². The smallest absolute Gasteiger partial charge is 0.112 e. The topological polar surface area (TPSA) is 53.1 Å². The van der Waals surface area contributed by atoms with E-state index in [0.717, 1.165) is 10.9 Å². The van der Waals surface area contributed by atoms with E-state index in [1.807, 2.05) is 18.2 Å². The molecule has 62 valence electrons. The molecule has 1 aromatic carbocycles. The molecule has 1 aromatic heterocycles. The Kier molecular flexibility index (Phi) is 1.40. The third-order valence-corrected chi connectivity index (χ3v) is 1.74. The van der Waals surface area contributed by atoms with Gasteiger partial charge in [0, 0.05) is 11.1 Å². The number of hydrogen-bond donors (Lipinski definition) is 1. The molecule has 0 saturated carbocycles. The zero-order valence-electron chi connectivity index (χ0n) is 6.69. The molecule has 1 heterocycles. The molecule has 0 unspecified atom stereocenters. The second kappa shape index (κ2) is 2.41. The predicted molar refractivity (Wildman–Crippen MR) is 46.6 cm³/mol. The highest BCUT2D eigenvalue weighted by Gasteiger charge is 2.01. The number of benzene rings is 1. The van der Waals surface area contributed by atoms with Gasteiger partial charge in [-0.3, -0.25) is 0 Å². The number of hydrogen-bond acceptors (Lipinski definition) is 3. The maximum Gasteiger partial charge on any atom is 0.112 e. The van der Waals surface area contributed by atoms with Crippen molar-refractivity contribution in [2.45, 2.75) is 0 Å². The molecule has 4 heteroatoms. The van der Waals surface area contributed by atoms with Crippen LogP contribution in [0.3, 0.4) is 0 Å². The van der Waals surface area contributed by atoms with Gasteiger partial charge in [0.25, 0.3) is 0 Å². The Morgan fingerprint density at radius 2 is 2.33 bits per heavy atom. The van der Waals surface area contributed by atoms with Gasteiger partial charge < -0.3 is 10.6 Å². The molecular formula is C8H9N3O. The van der Waals surface area contributed by atoms with Crippen LogP contribution in [0.15, 0.2) is 24.4 Å². The van der Waals surface area contributed by atoms with Crippen LogP contribution in [0.5, 0.6) is 0 Å². The first-order chi connectivity index (χ1) is 5.81. The summed E-state index contributed by atoms with van der Waals surface area (Å²) in [7, 11) is 1.57. The standard InChI is InChI=1S/C8H9N3O/c1-12-11-8-4-7(9)3-2-6(8)5-10-11/h2-5H,9H2,1H3. The summed E-state index contributed by atoms with van der Waals surface area (Å²) in [5.74, 6) is 0. The minimum Gasteiger partial charge on any atom is -0.399 e. The van der Waals surface area contributed by atoms with Crippen molar-refractivity contribution in [1.82, 2.24) is 9.94 Å². The summed E-state index contributed by atoms with van der Waals surface area (Å²) in [6, 6.07) is 5.57. The SMILES string of the molecule is COn1ncc2ccc(N)cc21. The van der Waals surface area contributed by atoms with Gasteiger partial charge in [0.05, 0.1) is 6.20 Å². The number of nitrogen functional groups attached to an aromatic ring is 1. The van der Waals surface area contributed by atoms with Crippen molar-refractivity contribution in [3.8, 4) is 0 Å². The fourth-order valence-corrected chi connectivity index (χ4v) is 1.16. The van der Waals surface area contributed by atoms with E-state index in [9.17, 15) is 0 Å². The summed E-state index contributed by atoms with van der Waals surface area (Å²) in [6.45, 7) is 0. The van der Waals surface area contributed by atoms with E-state index >= 15 is 0 Å². The molecule has 0 radical (unpaired) electrons. The fourth-order valence-electron chi connectivity index (χ4n) is 1.16. The molecule has 0 aliphatic rings. The van der Waals surface area contributed by atoms with Gasteiger partial charge in [0.2, 0.25) is 0 Å². The number of anilines is 1. The number of nitrogens with two attached hydrogens (primary N) is 1. The van der Waals surface area contributed by atoms with Crippen molar-refractivity contribution >= 4 is 16.6 Å². The zero-order chi connectivity index (χ0) is 8.55. The molecule has 2 aromatic rings. The molecule has 2 rings (SSSR count). The van der Waals surface area contributed by atoms with Crippen molar-refractivity contribution in [2.75, 3.05) is 12.8 Å². The van der Waals surface area contributed by atoms with Crippen LogP contribution in [0.4, 0.5) is 5.69 Å². The van der Waals surface area contributed by atoms with Gasteiger partial charge in [0.15, 0.2) is 0 Å². The van der Waals surface area contributed by atoms with E-state index in [-0.39, 0.29) is 0 Å². The molecule has 0 spiro atoms. The third-order valence-electron chi connectivity index (χ3n) is 1.74. The Labute approximate surface area is 69.5 Å². The Bertz CT molecular complexity index is 408. The van der Waals surface area contributed by atoms with Crippen LogP contribution in [-0.2, 0) is 0 Å². The summed E-state index contributed by atoms with van der Waals surface area (Å²) < 4.78 is 0. The molecule has 0 saturated heterocycles. The molecule has 12 heavy (non-hydrogen) atoms. The average molecular weight is 163 g/mol. The lowest BCUT2D eigenvalue weighted by Gasteiger charge is -1.99. The van der Waals surface area contributed by atoms with Gasteiger partial charge in [-0.15, -0.1) is 5.10 Å². The van der Waals surface area contributed by atoms with Gasteiger partial charge in [-0.05, 0) is 18.2 Å². The highest BCUT2D eigenvalue weighted by Crippen LogP contribution is 2.15. The number of aromatic nitrogens is 2.